The predicted molar refractivity (Wildman–Crippen MR) is 45.0 cm³/mol. The van der Waals surface area contributed by atoms with Crippen molar-refractivity contribution in [1.29, 1.82) is 5.26 Å². The van der Waals surface area contributed by atoms with Gasteiger partial charge in [0, 0.05) is 11.8 Å². The highest BCUT2D eigenvalue weighted by Crippen LogP contribution is 2.18. The first-order valence-electron chi connectivity index (χ1n) is 4.01. The van der Waals surface area contributed by atoms with Crippen molar-refractivity contribution in [1.82, 2.24) is 4.98 Å². The highest BCUT2D eigenvalue weighted by molar-refractivity contribution is 5.35. The number of aryl methyl sites for hydroxylation is 1. The zero-order valence-corrected chi connectivity index (χ0v) is 7.50. The van der Waals surface area contributed by atoms with Crippen LogP contribution in [0.4, 0.5) is 8.78 Å². The molecule has 0 saturated carbocycles. The third-order valence-corrected chi connectivity index (χ3v) is 1.64. The Balaban J connectivity index is 3.00. The lowest BCUT2D eigenvalue weighted by atomic mass is 10.1. The van der Waals surface area contributed by atoms with E-state index in [9.17, 15) is 8.78 Å². The Morgan fingerprint density at radius 2 is 2.36 bits per heavy atom. The van der Waals surface area contributed by atoms with E-state index in [0.29, 0.717) is 17.5 Å². The summed E-state index contributed by atoms with van der Waals surface area (Å²) in [6, 6.07) is 3.37. The second-order valence-electron chi connectivity index (χ2n) is 2.53. The molecule has 0 amide bonds. The summed E-state index contributed by atoms with van der Waals surface area (Å²) >= 11 is 0. The summed E-state index contributed by atoms with van der Waals surface area (Å²) in [5, 5.41) is 8.55. The van der Waals surface area contributed by atoms with E-state index in [1.54, 1.807) is 6.92 Å². The van der Waals surface area contributed by atoms with Gasteiger partial charge in [-0.15, -0.1) is 0 Å². The number of nitriles is 1. The molecule has 0 N–H and O–H groups in total. The molecule has 14 heavy (non-hydrogen) atoms. The van der Waals surface area contributed by atoms with Crippen LogP contribution < -0.4 is 4.74 Å². The lowest BCUT2D eigenvalue weighted by Crippen LogP contribution is -2.06. The molecule has 0 unspecified atom stereocenters. The van der Waals surface area contributed by atoms with Crippen molar-refractivity contribution < 1.29 is 13.5 Å². The quantitative estimate of drug-likeness (QED) is 0.747. The van der Waals surface area contributed by atoms with E-state index in [-0.39, 0.29) is 5.88 Å². The molecule has 0 aromatic carbocycles. The number of ether oxygens (including phenoxy) is 1. The summed E-state index contributed by atoms with van der Waals surface area (Å²) in [6.07, 6.45) is 1.70. The molecule has 5 heteroatoms. The monoisotopic (exact) mass is 198 g/mol. The van der Waals surface area contributed by atoms with Gasteiger partial charge in [0.25, 0.3) is 0 Å². The molecule has 3 nitrogen and oxygen atoms in total. The van der Waals surface area contributed by atoms with Crippen molar-refractivity contribution in [2.45, 2.75) is 20.0 Å². The van der Waals surface area contributed by atoms with Crippen LogP contribution in [0.25, 0.3) is 0 Å². The number of pyridine rings is 1. The van der Waals surface area contributed by atoms with E-state index >= 15 is 0 Å². The largest absolute Gasteiger partial charge is 0.417 e. The summed E-state index contributed by atoms with van der Waals surface area (Å²) in [5.74, 6) is -0.110. The second-order valence-corrected chi connectivity index (χ2v) is 2.53. The number of alkyl halides is 2. The Morgan fingerprint density at radius 1 is 1.64 bits per heavy atom. The molecule has 0 atom stereocenters. The minimum Gasteiger partial charge on any atom is -0.417 e. The Morgan fingerprint density at radius 3 is 2.86 bits per heavy atom. The van der Waals surface area contributed by atoms with Gasteiger partial charge in [-0.2, -0.15) is 14.0 Å². The van der Waals surface area contributed by atoms with Crippen LogP contribution in [-0.4, -0.2) is 11.6 Å². The van der Waals surface area contributed by atoms with Gasteiger partial charge in [0.05, 0.1) is 5.56 Å². The third kappa shape index (κ3) is 2.39. The number of hydrogen-bond acceptors (Lipinski definition) is 3. The number of aromatic nitrogens is 1. The maximum absolute atomic E-state index is 11.9. The van der Waals surface area contributed by atoms with Gasteiger partial charge in [-0.3, -0.25) is 0 Å². The van der Waals surface area contributed by atoms with Crippen LogP contribution in [0.1, 0.15) is 18.1 Å². The van der Waals surface area contributed by atoms with E-state index in [1.165, 1.54) is 12.3 Å². The van der Waals surface area contributed by atoms with Crippen molar-refractivity contribution in [2.24, 2.45) is 0 Å². The predicted octanol–water partition coefficient (Wildman–Crippen LogP) is 2.12. The number of halogens is 2. The van der Waals surface area contributed by atoms with E-state index in [4.69, 9.17) is 5.26 Å². The molecule has 1 rings (SSSR count). The molecule has 1 aromatic rings. The molecule has 1 aromatic heterocycles. The van der Waals surface area contributed by atoms with E-state index in [0.717, 1.165) is 0 Å². The molecule has 0 aliphatic rings. The maximum Gasteiger partial charge on any atom is 0.388 e. The standard InChI is InChI=1S/C9H8F2N2O/c1-2-7-3-6(4-12)5-13-8(7)14-9(10)11/h3,5,9H,2H2,1H3. The van der Waals surface area contributed by atoms with Crippen LogP contribution in [0.15, 0.2) is 12.3 Å². The Hall–Kier alpha value is -1.70. The van der Waals surface area contributed by atoms with Gasteiger partial charge >= 0.3 is 6.61 Å². The van der Waals surface area contributed by atoms with Gasteiger partial charge in [0.2, 0.25) is 5.88 Å². The molecular weight excluding hydrogens is 190 g/mol. The zero-order chi connectivity index (χ0) is 10.6. The number of rotatable bonds is 3. The molecule has 0 aliphatic heterocycles. The topological polar surface area (TPSA) is 45.9 Å². The third-order valence-electron chi connectivity index (χ3n) is 1.64. The first kappa shape index (κ1) is 10.4. The number of nitrogens with zero attached hydrogens (tertiary/aromatic N) is 2. The molecule has 0 aliphatic carbocycles. The molecule has 0 fully saturated rings. The molecule has 0 radical (unpaired) electrons. The normalized spacial score (nSPS) is 9.93. The van der Waals surface area contributed by atoms with E-state index in [2.05, 4.69) is 9.72 Å². The fraction of sp³-hybridized carbons (Fsp3) is 0.333. The highest BCUT2D eigenvalue weighted by atomic mass is 19.3. The Kier molecular flexibility index (Phi) is 3.35. The van der Waals surface area contributed by atoms with Crippen molar-refractivity contribution in [3.8, 4) is 11.9 Å². The fourth-order valence-corrected chi connectivity index (χ4v) is 1.00. The van der Waals surface area contributed by atoms with Crippen molar-refractivity contribution in [3.05, 3.63) is 23.4 Å². The second kappa shape index (κ2) is 4.51. The smallest absolute Gasteiger partial charge is 0.388 e. The first-order valence-corrected chi connectivity index (χ1v) is 4.01. The summed E-state index contributed by atoms with van der Waals surface area (Å²) in [7, 11) is 0. The maximum atomic E-state index is 11.9. The molecule has 0 saturated heterocycles. The summed E-state index contributed by atoms with van der Waals surface area (Å²) in [4.78, 5) is 3.64. The summed E-state index contributed by atoms with van der Waals surface area (Å²) in [6.45, 7) is -1.11. The minimum absolute atomic E-state index is 0.110. The van der Waals surface area contributed by atoms with Crippen LogP contribution in [-0.2, 0) is 6.42 Å². The van der Waals surface area contributed by atoms with Crippen LogP contribution in [0.5, 0.6) is 5.88 Å². The first-order chi connectivity index (χ1) is 6.67. The molecule has 1 heterocycles. The summed E-state index contributed by atoms with van der Waals surface area (Å²) in [5.41, 5.74) is 0.841. The average Bonchev–Trinajstić information content (AvgIpc) is 2.17. The van der Waals surface area contributed by atoms with Crippen LogP contribution in [0.3, 0.4) is 0 Å². The lowest BCUT2D eigenvalue weighted by molar-refractivity contribution is -0.0534. The summed E-state index contributed by atoms with van der Waals surface area (Å²) < 4.78 is 28.0. The van der Waals surface area contributed by atoms with Crippen molar-refractivity contribution >= 4 is 0 Å². The van der Waals surface area contributed by atoms with Crippen LogP contribution >= 0.6 is 0 Å². The van der Waals surface area contributed by atoms with Gasteiger partial charge in [0.1, 0.15) is 6.07 Å². The Labute approximate surface area is 79.9 Å². The van der Waals surface area contributed by atoms with Crippen molar-refractivity contribution in [2.75, 3.05) is 0 Å². The highest BCUT2D eigenvalue weighted by Gasteiger charge is 2.10. The van der Waals surface area contributed by atoms with E-state index in [1.807, 2.05) is 6.07 Å². The molecule has 0 spiro atoms. The minimum atomic E-state index is -2.89. The zero-order valence-electron chi connectivity index (χ0n) is 7.50. The lowest BCUT2D eigenvalue weighted by Gasteiger charge is -2.07. The average molecular weight is 198 g/mol. The number of hydrogen-bond donors (Lipinski definition) is 0. The molecule has 0 bridgehead atoms. The van der Waals surface area contributed by atoms with Gasteiger partial charge < -0.3 is 4.74 Å². The molecular formula is C9H8F2N2O. The van der Waals surface area contributed by atoms with Gasteiger partial charge in [-0.25, -0.2) is 4.98 Å². The van der Waals surface area contributed by atoms with Gasteiger partial charge in [-0.05, 0) is 12.5 Å². The van der Waals surface area contributed by atoms with Crippen LogP contribution in [0, 0.1) is 11.3 Å². The van der Waals surface area contributed by atoms with Crippen LogP contribution in [0.2, 0.25) is 0 Å². The fourth-order valence-electron chi connectivity index (χ4n) is 1.00. The SMILES string of the molecule is CCc1cc(C#N)cnc1OC(F)F. The van der Waals surface area contributed by atoms with Gasteiger partial charge in [-0.1, -0.05) is 6.92 Å². The molecule has 74 valence electrons. The van der Waals surface area contributed by atoms with E-state index < -0.39 is 6.61 Å². The van der Waals surface area contributed by atoms with Gasteiger partial charge in [0.15, 0.2) is 0 Å². The van der Waals surface area contributed by atoms with Crippen molar-refractivity contribution in [3.63, 3.8) is 0 Å². The Bertz CT molecular complexity index is 360.